The fourth-order valence-electron chi connectivity index (χ4n) is 9.65. The molecule has 260 valence electrons. The predicted octanol–water partition coefficient (Wildman–Crippen LogP) is 13.4. The van der Waals surface area contributed by atoms with Crippen molar-refractivity contribution < 1.29 is 4.42 Å². The molecule has 0 aliphatic heterocycles. The highest BCUT2D eigenvalue weighted by atomic mass is 16.3. The quantitative estimate of drug-likeness (QED) is 0.183. The molecule has 0 saturated carbocycles. The van der Waals surface area contributed by atoms with Gasteiger partial charge in [0.2, 0.25) is 0 Å². The summed E-state index contributed by atoms with van der Waals surface area (Å²) in [5.41, 5.74) is 18.6. The molecule has 8 aromatic carbocycles. The highest BCUT2D eigenvalue weighted by Gasteiger charge is 2.49. The Hall–Kier alpha value is -7.36. The second-order valence-corrected chi connectivity index (χ2v) is 14.8. The summed E-state index contributed by atoms with van der Waals surface area (Å²) in [6.07, 6.45) is 0. The van der Waals surface area contributed by atoms with E-state index in [1.807, 2.05) is 36.4 Å². The number of nitrogens with zero attached hydrogens (tertiary/aromatic N) is 2. The number of rotatable bonds is 3. The van der Waals surface area contributed by atoms with E-state index in [2.05, 4.69) is 158 Å². The fourth-order valence-corrected chi connectivity index (χ4v) is 9.65. The molecule has 0 bridgehead atoms. The summed E-state index contributed by atoms with van der Waals surface area (Å²) < 4.78 is 6.32. The van der Waals surface area contributed by atoms with Crippen LogP contribution in [0.4, 0.5) is 0 Å². The summed E-state index contributed by atoms with van der Waals surface area (Å²) in [6.45, 7) is 0. The smallest absolute Gasteiger partial charge is 0.160 e. The van der Waals surface area contributed by atoms with Crippen molar-refractivity contribution in [1.29, 1.82) is 0 Å². The number of benzene rings is 8. The van der Waals surface area contributed by atoms with Gasteiger partial charge in [-0.3, -0.25) is 0 Å². The Morgan fingerprint density at radius 3 is 1.55 bits per heavy atom. The normalized spacial score (nSPS) is 13.1. The third-order valence-corrected chi connectivity index (χ3v) is 11.9. The van der Waals surface area contributed by atoms with Gasteiger partial charge in [-0.15, -0.1) is 0 Å². The molecule has 0 radical (unpaired) electrons. The molecular formula is C53H32N2O. The highest BCUT2D eigenvalue weighted by Crippen LogP contribution is 2.61. The third kappa shape index (κ3) is 4.28. The third-order valence-electron chi connectivity index (χ3n) is 11.9. The molecule has 2 aliphatic rings. The molecule has 56 heavy (non-hydrogen) atoms. The molecule has 0 N–H and O–H groups in total. The first-order valence-corrected chi connectivity index (χ1v) is 19.2. The summed E-state index contributed by atoms with van der Waals surface area (Å²) >= 11 is 0. The first-order chi connectivity index (χ1) is 27.8. The molecule has 2 aliphatic carbocycles. The van der Waals surface area contributed by atoms with Gasteiger partial charge in [-0.05, 0) is 79.9 Å². The van der Waals surface area contributed by atoms with Crippen LogP contribution in [0.1, 0.15) is 22.3 Å². The lowest BCUT2D eigenvalue weighted by atomic mass is 9.66. The number of aromatic nitrogens is 2. The molecule has 10 aromatic rings. The molecule has 2 aromatic heterocycles. The summed E-state index contributed by atoms with van der Waals surface area (Å²) in [5, 5.41) is 2.13. The maximum atomic E-state index is 6.32. The van der Waals surface area contributed by atoms with Crippen LogP contribution in [0.2, 0.25) is 0 Å². The van der Waals surface area contributed by atoms with Crippen LogP contribution >= 0.6 is 0 Å². The molecule has 3 nitrogen and oxygen atoms in total. The first kappa shape index (κ1) is 31.0. The van der Waals surface area contributed by atoms with Crippen molar-refractivity contribution in [2.45, 2.75) is 5.41 Å². The lowest BCUT2D eigenvalue weighted by Crippen LogP contribution is -2.29. The summed E-state index contributed by atoms with van der Waals surface area (Å²) in [6, 6.07) is 69.8. The zero-order chi connectivity index (χ0) is 36.8. The van der Waals surface area contributed by atoms with Crippen molar-refractivity contribution in [3.63, 3.8) is 0 Å². The van der Waals surface area contributed by atoms with Gasteiger partial charge >= 0.3 is 0 Å². The SMILES string of the molecule is c1ccc(-c2nc(-c3ccc4c(c3)-c3ccccc3C43c4ccccc4-c4ccccc4-c4ccccc43)cc(-c3cccc4oc5ccccc5c34)n2)cc1. The predicted molar refractivity (Wildman–Crippen MR) is 227 cm³/mol. The Kier molecular flexibility index (Phi) is 6.55. The monoisotopic (exact) mass is 712 g/mol. The van der Waals surface area contributed by atoms with Gasteiger partial charge in [0.05, 0.1) is 16.8 Å². The van der Waals surface area contributed by atoms with Crippen LogP contribution in [-0.4, -0.2) is 9.97 Å². The largest absolute Gasteiger partial charge is 0.456 e. The molecule has 12 rings (SSSR count). The molecule has 0 unspecified atom stereocenters. The maximum Gasteiger partial charge on any atom is 0.160 e. The van der Waals surface area contributed by atoms with Gasteiger partial charge in [0.25, 0.3) is 0 Å². The van der Waals surface area contributed by atoms with Crippen molar-refractivity contribution >= 4 is 21.9 Å². The van der Waals surface area contributed by atoms with E-state index >= 15 is 0 Å². The summed E-state index contributed by atoms with van der Waals surface area (Å²) in [5.74, 6) is 0.685. The Bertz CT molecular complexity index is 3140. The van der Waals surface area contributed by atoms with Crippen molar-refractivity contribution in [1.82, 2.24) is 9.97 Å². The fraction of sp³-hybridized carbons (Fsp3) is 0.0189. The van der Waals surface area contributed by atoms with Gasteiger partial charge in [-0.1, -0.05) is 170 Å². The Morgan fingerprint density at radius 2 is 0.857 bits per heavy atom. The van der Waals surface area contributed by atoms with Gasteiger partial charge in [-0.25, -0.2) is 9.97 Å². The lowest BCUT2D eigenvalue weighted by molar-refractivity contribution is 0.669. The van der Waals surface area contributed by atoms with E-state index in [0.717, 1.165) is 50.0 Å². The van der Waals surface area contributed by atoms with E-state index in [-0.39, 0.29) is 0 Å². The van der Waals surface area contributed by atoms with Crippen LogP contribution < -0.4 is 0 Å². The molecule has 0 amide bonds. The zero-order valence-electron chi connectivity index (χ0n) is 30.3. The van der Waals surface area contributed by atoms with E-state index in [4.69, 9.17) is 14.4 Å². The van der Waals surface area contributed by atoms with Gasteiger partial charge in [0, 0.05) is 27.5 Å². The number of hydrogen-bond donors (Lipinski definition) is 0. The van der Waals surface area contributed by atoms with Crippen LogP contribution in [0.15, 0.2) is 199 Å². The van der Waals surface area contributed by atoms with E-state index in [1.165, 1.54) is 55.6 Å². The highest BCUT2D eigenvalue weighted by molar-refractivity contribution is 6.12. The van der Waals surface area contributed by atoms with Crippen LogP contribution in [-0.2, 0) is 5.41 Å². The number of fused-ring (bicyclic) bond motifs is 15. The molecular weight excluding hydrogens is 681 g/mol. The molecule has 1 spiro atoms. The second-order valence-electron chi connectivity index (χ2n) is 14.8. The topological polar surface area (TPSA) is 38.9 Å². The molecule has 0 atom stereocenters. The number of hydrogen-bond acceptors (Lipinski definition) is 3. The van der Waals surface area contributed by atoms with E-state index in [0.29, 0.717) is 5.82 Å². The minimum absolute atomic E-state index is 0.527. The van der Waals surface area contributed by atoms with Gasteiger partial charge < -0.3 is 4.42 Å². The van der Waals surface area contributed by atoms with Crippen LogP contribution in [0.25, 0.3) is 89.2 Å². The van der Waals surface area contributed by atoms with Crippen LogP contribution in [0, 0.1) is 0 Å². The molecule has 0 saturated heterocycles. The Morgan fingerprint density at radius 1 is 0.339 bits per heavy atom. The molecule has 3 heteroatoms. The minimum atomic E-state index is -0.527. The van der Waals surface area contributed by atoms with E-state index in [9.17, 15) is 0 Å². The Balaban J connectivity index is 1.13. The molecule has 0 fully saturated rings. The zero-order valence-corrected chi connectivity index (χ0v) is 30.3. The maximum absolute atomic E-state index is 6.32. The first-order valence-electron chi connectivity index (χ1n) is 19.2. The minimum Gasteiger partial charge on any atom is -0.456 e. The number of para-hydroxylation sites is 1. The standard InChI is InChI=1S/C53H32N2O/c1-2-15-33(16-3-1)52-54-47(32-48(55-52)40-23-14-28-50-51(40)41-22-9-13-27-49(41)56-50)34-29-30-46-42(31-34)39-21-8-12-26-45(39)53(46)43-24-10-6-19-37(43)35-17-4-5-18-36(35)38-20-7-11-25-44(38)53/h1-32H. The van der Waals surface area contributed by atoms with E-state index < -0.39 is 5.41 Å². The summed E-state index contributed by atoms with van der Waals surface area (Å²) in [7, 11) is 0. The average Bonchev–Trinajstić information content (AvgIpc) is 3.77. The Labute approximate surface area is 324 Å². The van der Waals surface area contributed by atoms with Gasteiger partial charge in [0.1, 0.15) is 11.2 Å². The van der Waals surface area contributed by atoms with Gasteiger partial charge in [0.15, 0.2) is 5.82 Å². The summed E-state index contributed by atoms with van der Waals surface area (Å²) in [4.78, 5) is 10.5. The molecule has 2 heterocycles. The van der Waals surface area contributed by atoms with Gasteiger partial charge in [-0.2, -0.15) is 0 Å². The van der Waals surface area contributed by atoms with Crippen molar-refractivity contribution in [2.75, 3.05) is 0 Å². The number of furan rings is 1. The van der Waals surface area contributed by atoms with Crippen LogP contribution in [0.3, 0.4) is 0 Å². The van der Waals surface area contributed by atoms with Crippen molar-refractivity contribution in [3.8, 4) is 67.3 Å². The average molecular weight is 713 g/mol. The van der Waals surface area contributed by atoms with Crippen molar-refractivity contribution in [2.24, 2.45) is 0 Å². The van der Waals surface area contributed by atoms with E-state index in [1.54, 1.807) is 0 Å². The van der Waals surface area contributed by atoms with Crippen LogP contribution in [0.5, 0.6) is 0 Å². The van der Waals surface area contributed by atoms with Crippen molar-refractivity contribution in [3.05, 3.63) is 216 Å². The second kappa shape index (κ2) is 11.8. The lowest BCUT2D eigenvalue weighted by Gasteiger charge is -2.35.